The second-order valence-electron chi connectivity index (χ2n) is 6.48. The van der Waals surface area contributed by atoms with E-state index in [-0.39, 0.29) is 5.91 Å². The van der Waals surface area contributed by atoms with Gasteiger partial charge in [0.05, 0.1) is 0 Å². The Morgan fingerprint density at radius 3 is 1.65 bits per heavy atom. The van der Waals surface area contributed by atoms with E-state index in [0.29, 0.717) is 23.4 Å². The van der Waals surface area contributed by atoms with Crippen LogP contribution in [0.4, 0.5) is 0 Å². The first-order valence-electron chi connectivity index (χ1n) is 9.79. The van der Waals surface area contributed by atoms with E-state index in [1.54, 1.807) is 13.0 Å². The summed E-state index contributed by atoms with van der Waals surface area (Å²) in [5.41, 5.74) is 1.05. The Balaban J connectivity index is 0. The Labute approximate surface area is 160 Å². The topological polar surface area (TPSA) is 60.9 Å². The van der Waals surface area contributed by atoms with E-state index in [1.807, 2.05) is 30.6 Å². The molecule has 0 saturated carbocycles. The van der Waals surface area contributed by atoms with E-state index in [0.717, 1.165) is 32.4 Å². The molecule has 152 valence electrons. The first kappa shape index (κ1) is 26.4. The molecule has 0 aliphatic carbocycles. The van der Waals surface area contributed by atoms with Gasteiger partial charge in [-0.2, -0.15) is 0 Å². The van der Waals surface area contributed by atoms with Crippen LogP contribution in [-0.2, 0) is 9.59 Å². The quantitative estimate of drug-likeness (QED) is 0.568. The molecule has 0 saturated heterocycles. The van der Waals surface area contributed by atoms with Crippen LogP contribution in [0.15, 0.2) is 23.9 Å². The van der Waals surface area contributed by atoms with Gasteiger partial charge in [-0.25, -0.2) is 4.79 Å². The van der Waals surface area contributed by atoms with Crippen LogP contribution in [-0.4, -0.2) is 52.0 Å². The highest BCUT2D eigenvalue weighted by atomic mass is 16.4. The van der Waals surface area contributed by atoms with E-state index in [9.17, 15) is 9.59 Å². The van der Waals surface area contributed by atoms with Gasteiger partial charge in [0.25, 0.3) is 0 Å². The molecule has 1 N–H and O–H groups in total. The smallest absolute Gasteiger partial charge is 0.351 e. The number of rotatable bonds is 10. The van der Waals surface area contributed by atoms with Gasteiger partial charge in [0.2, 0.25) is 5.91 Å². The molecule has 0 aliphatic rings. The van der Waals surface area contributed by atoms with Gasteiger partial charge >= 0.3 is 5.97 Å². The molecule has 0 aromatic rings. The van der Waals surface area contributed by atoms with Gasteiger partial charge in [-0.15, -0.1) is 0 Å². The molecule has 2 atom stereocenters. The maximum atomic E-state index is 11.9. The number of amides is 1. The van der Waals surface area contributed by atoms with Crippen molar-refractivity contribution in [2.24, 2.45) is 0 Å². The number of allylic oxidation sites excluding steroid dienone is 1. The van der Waals surface area contributed by atoms with Crippen molar-refractivity contribution in [3.05, 3.63) is 23.9 Å². The molecule has 2 unspecified atom stereocenters. The minimum atomic E-state index is -0.833. The van der Waals surface area contributed by atoms with Gasteiger partial charge in [0.15, 0.2) is 0 Å². The molecule has 0 spiro atoms. The van der Waals surface area contributed by atoms with Gasteiger partial charge < -0.3 is 14.9 Å². The molecule has 0 aliphatic heterocycles. The molecule has 0 aromatic heterocycles. The number of likely N-dealkylation sites (N-methyl/N-ethyl adjacent to an activating group) is 1. The van der Waals surface area contributed by atoms with E-state index < -0.39 is 5.97 Å². The third kappa shape index (κ3) is 9.07. The Morgan fingerprint density at radius 2 is 1.42 bits per heavy atom. The van der Waals surface area contributed by atoms with E-state index in [1.165, 1.54) is 0 Å². The van der Waals surface area contributed by atoms with Gasteiger partial charge in [0, 0.05) is 30.7 Å². The molecule has 0 aromatic carbocycles. The zero-order chi connectivity index (χ0) is 20.9. The lowest BCUT2D eigenvalue weighted by atomic mass is 10.1. The number of hydrogen-bond donors (Lipinski definition) is 1. The average Bonchev–Trinajstić information content (AvgIpc) is 2.61. The number of carbonyl (C=O) groups excluding carboxylic acids is 1. The summed E-state index contributed by atoms with van der Waals surface area (Å²) in [4.78, 5) is 26.4. The maximum absolute atomic E-state index is 11.9. The standard InChI is InChI=1S/C12H23NO.C9H17NO2/c1-7-10(5)13(11(6)8-2)12(14)9(3)4;1-4-7-8(9(11)12)10(5-2)6-3/h10-11H,3,7-8H2,1-2,4-6H3;7H,4-6H2,1-3H3,(H,11,12)/b;8-7+. The first-order chi connectivity index (χ1) is 12.1. The molecule has 0 bridgehead atoms. The second-order valence-corrected chi connectivity index (χ2v) is 6.48. The Kier molecular flexibility index (Phi) is 14.6. The van der Waals surface area contributed by atoms with Crippen molar-refractivity contribution in [3.8, 4) is 0 Å². The lowest BCUT2D eigenvalue weighted by molar-refractivity contribution is -0.134. The molecule has 0 rings (SSSR count). The largest absolute Gasteiger partial charge is 0.477 e. The van der Waals surface area contributed by atoms with Gasteiger partial charge in [-0.3, -0.25) is 4.79 Å². The summed E-state index contributed by atoms with van der Waals surface area (Å²) in [5, 5.41) is 8.83. The van der Waals surface area contributed by atoms with Crippen LogP contribution in [0.3, 0.4) is 0 Å². The van der Waals surface area contributed by atoms with Crippen LogP contribution < -0.4 is 0 Å². The molecule has 5 heteroatoms. The van der Waals surface area contributed by atoms with Crippen LogP contribution >= 0.6 is 0 Å². The van der Waals surface area contributed by atoms with Crippen LogP contribution in [0.1, 0.15) is 74.7 Å². The van der Waals surface area contributed by atoms with Crippen molar-refractivity contribution in [2.75, 3.05) is 13.1 Å². The highest BCUT2D eigenvalue weighted by molar-refractivity contribution is 5.92. The van der Waals surface area contributed by atoms with Crippen molar-refractivity contribution < 1.29 is 14.7 Å². The molecule has 0 fully saturated rings. The zero-order valence-corrected chi connectivity index (χ0v) is 18.1. The summed E-state index contributed by atoms with van der Waals surface area (Å²) in [5.74, 6) is -0.741. The third-order valence-electron chi connectivity index (χ3n) is 4.45. The predicted molar refractivity (Wildman–Crippen MR) is 110 cm³/mol. The predicted octanol–water partition coefficient (Wildman–Crippen LogP) is 4.69. The average molecular weight is 369 g/mol. The molecule has 5 nitrogen and oxygen atoms in total. The fraction of sp³-hybridized carbons (Fsp3) is 0.714. The molecule has 1 amide bonds. The second kappa shape index (κ2) is 14.4. The van der Waals surface area contributed by atoms with E-state index >= 15 is 0 Å². The van der Waals surface area contributed by atoms with Crippen molar-refractivity contribution in [3.63, 3.8) is 0 Å². The molecular formula is C21H40N2O3. The minimum absolute atomic E-state index is 0.0914. The Hall–Kier alpha value is -1.78. The fourth-order valence-corrected chi connectivity index (χ4v) is 2.56. The normalized spacial score (nSPS) is 13.2. The highest BCUT2D eigenvalue weighted by Gasteiger charge is 2.23. The van der Waals surface area contributed by atoms with Crippen LogP contribution in [0, 0.1) is 0 Å². The molecule has 0 radical (unpaired) electrons. The third-order valence-corrected chi connectivity index (χ3v) is 4.45. The number of aliphatic carboxylic acids is 1. The zero-order valence-electron chi connectivity index (χ0n) is 18.1. The van der Waals surface area contributed by atoms with Crippen molar-refractivity contribution >= 4 is 11.9 Å². The summed E-state index contributed by atoms with van der Waals surface area (Å²) in [6.45, 7) is 21.2. The number of carboxylic acid groups (broad SMARTS) is 1. The molecule has 26 heavy (non-hydrogen) atoms. The summed E-state index contributed by atoms with van der Waals surface area (Å²) in [6, 6.07) is 0.600. The van der Waals surface area contributed by atoms with E-state index in [4.69, 9.17) is 5.11 Å². The monoisotopic (exact) mass is 368 g/mol. The highest BCUT2D eigenvalue weighted by Crippen LogP contribution is 2.14. The molecule has 0 heterocycles. The first-order valence-corrected chi connectivity index (χ1v) is 9.79. The number of nitrogens with zero attached hydrogens (tertiary/aromatic N) is 2. The van der Waals surface area contributed by atoms with Crippen LogP contribution in [0.5, 0.6) is 0 Å². The Morgan fingerprint density at radius 1 is 1.00 bits per heavy atom. The van der Waals surface area contributed by atoms with Gasteiger partial charge in [-0.05, 0) is 53.9 Å². The van der Waals surface area contributed by atoms with Crippen molar-refractivity contribution in [1.82, 2.24) is 9.80 Å². The number of carbonyl (C=O) groups is 2. The van der Waals surface area contributed by atoms with E-state index in [2.05, 4.69) is 34.3 Å². The van der Waals surface area contributed by atoms with Crippen molar-refractivity contribution in [1.29, 1.82) is 0 Å². The summed E-state index contributed by atoms with van der Waals surface area (Å²) in [6.07, 6.45) is 4.49. The lowest BCUT2D eigenvalue weighted by Gasteiger charge is -2.34. The molecular weight excluding hydrogens is 328 g/mol. The fourth-order valence-electron chi connectivity index (χ4n) is 2.56. The lowest BCUT2D eigenvalue weighted by Crippen LogP contribution is -2.44. The number of carboxylic acids is 1. The maximum Gasteiger partial charge on any atom is 0.351 e. The van der Waals surface area contributed by atoms with Crippen molar-refractivity contribution in [2.45, 2.75) is 86.7 Å². The minimum Gasteiger partial charge on any atom is -0.477 e. The van der Waals surface area contributed by atoms with Crippen LogP contribution in [0.25, 0.3) is 0 Å². The SMILES string of the molecule is C=C(C)C(=O)N(C(C)CC)C(C)CC.CC/C=C(\C(=O)O)N(CC)CC. The Bertz CT molecular complexity index is 458. The number of hydrogen-bond acceptors (Lipinski definition) is 3. The van der Waals surface area contributed by atoms with Gasteiger partial charge in [-0.1, -0.05) is 33.4 Å². The van der Waals surface area contributed by atoms with Crippen LogP contribution in [0.2, 0.25) is 0 Å². The summed E-state index contributed by atoms with van der Waals surface area (Å²) < 4.78 is 0. The summed E-state index contributed by atoms with van der Waals surface area (Å²) >= 11 is 0. The van der Waals surface area contributed by atoms with Gasteiger partial charge in [0.1, 0.15) is 5.70 Å². The summed E-state index contributed by atoms with van der Waals surface area (Å²) in [7, 11) is 0.